The molecule has 2 N–H and O–H groups in total. The molecule has 0 spiro atoms. The number of nitrogens with zero attached hydrogens (tertiary/aromatic N) is 2. The van der Waals surface area contributed by atoms with Gasteiger partial charge in [-0.25, -0.2) is 9.78 Å². The van der Waals surface area contributed by atoms with E-state index >= 15 is 0 Å². The number of carboxylic acid groups (broad SMARTS) is 1. The molecule has 0 aliphatic carbocycles. The summed E-state index contributed by atoms with van der Waals surface area (Å²) in [5.74, 6) is -1.63. The number of aliphatic hydroxyl groups is 1. The van der Waals surface area contributed by atoms with Crippen molar-refractivity contribution in [3.63, 3.8) is 0 Å². The first-order valence-electron chi connectivity index (χ1n) is 5.35. The van der Waals surface area contributed by atoms with Crippen LogP contribution < -0.4 is 0 Å². The van der Waals surface area contributed by atoms with E-state index in [1.807, 2.05) is 0 Å². The van der Waals surface area contributed by atoms with Crippen LogP contribution in [0.4, 0.5) is 13.2 Å². The molecule has 0 saturated heterocycles. The Labute approximate surface area is 111 Å². The lowest BCUT2D eigenvalue weighted by Crippen LogP contribution is -2.24. The predicted octanol–water partition coefficient (Wildman–Crippen LogP) is 1.33. The van der Waals surface area contributed by atoms with Crippen LogP contribution in [-0.2, 0) is 12.6 Å². The lowest BCUT2D eigenvalue weighted by molar-refractivity contribution is -0.141. The maximum Gasteiger partial charge on any atom is 0.435 e. The maximum absolute atomic E-state index is 12.6. The first-order valence-corrected chi connectivity index (χ1v) is 6.17. The van der Waals surface area contributed by atoms with Crippen molar-refractivity contribution in [2.45, 2.75) is 12.6 Å². The number of hydrogen-bond donors (Lipinski definition) is 2. The maximum atomic E-state index is 12.6. The highest BCUT2D eigenvalue weighted by Crippen LogP contribution is 2.34. The van der Waals surface area contributed by atoms with E-state index in [1.165, 1.54) is 0 Å². The summed E-state index contributed by atoms with van der Waals surface area (Å²) in [6.07, 6.45) is -4.56. The van der Waals surface area contributed by atoms with Crippen LogP contribution >= 0.6 is 11.3 Å². The monoisotopic (exact) mass is 298 g/mol. The van der Waals surface area contributed by atoms with Gasteiger partial charge < -0.3 is 15.1 Å². The molecule has 19 heavy (non-hydrogen) atoms. The summed E-state index contributed by atoms with van der Waals surface area (Å²) in [7, 11) is 1.70. The van der Waals surface area contributed by atoms with E-state index in [4.69, 9.17) is 10.2 Å². The number of aromatic carboxylic acids is 1. The molecule has 0 fully saturated rings. The summed E-state index contributed by atoms with van der Waals surface area (Å²) in [5.41, 5.74) is -1.34. The van der Waals surface area contributed by atoms with E-state index in [2.05, 4.69) is 4.98 Å². The summed E-state index contributed by atoms with van der Waals surface area (Å²) in [6, 6.07) is 0. The average Bonchev–Trinajstić information content (AvgIpc) is 2.70. The predicted molar refractivity (Wildman–Crippen MR) is 62.4 cm³/mol. The molecule has 1 rings (SSSR count). The highest BCUT2D eigenvalue weighted by molar-refractivity contribution is 7.13. The molecule has 0 amide bonds. The van der Waals surface area contributed by atoms with Crippen molar-refractivity contribution >= 4 is 17.3 Å². The molecule has 0 unspecified atom stereocenters. The van der Waals surface area contributed by atoms with Crippen LogP contribution in [0.15, 0.2) is 0 Å². The summed E-state index contributed by atoms with van der Waals surface area (Å²) in [4.78, 5) is 15.0. The third-order valence-electron chi connectivity index (χ3n) is 2.32. The minimum Gasteiger partial charge on any atom is -0.477 e. The number of aliphatic hydroxyl groups excluding tert-OH is 1. The number of carboxylic acids is 1. The van der Waals surface area contributed by atoms with E-state index in [0.29, 0.717) is 24.4 Å². The molecule has 9 heteroatoms. The topological polar surface area (TPSA) is 73.7 Å². The zero-order chi connectivity index (χ0) is 14.6. The summed E-state index contributed by atoms with van der Waals surface area (Å²) < 4.78 is 37.7. The van der Waals surface area contributed by atoms with Gasteiger partial charge >= 0.3 is 12.1 Å². The lowest BCUT2D eigenvalue weighted by Gasteiger charge is -2.13. The van der Waals surface area contributed by atoms with Crippen LogP contribution in [0, 0.1) is 0 Å². The third-order valence-corrected chi connectivity index (χ3v) is 3.43. The summed E-state index contributed by atoms with van der Waals surface area (Å²) in [6.45, 7) is 0.732. The second-order valence-corrected chi connectivity index (χ2v) is 4.95. The molecule has 0 radical (unpaired) electrons. The van der Waals surface area contributed by atoms with Gasteiger partial charge in [-0.05, 0) is 7.05 Å². The van der Waals surface area contributed by atoms with E-state index in [0.717, 1.165) is 0 Å². The van der Waals surface area contributed by atoms with Crippen molar-refractivity contribution in [1.82, 2.24) is 9.88 Å². The Morgan fingerprint density at radius 2 is 2.05 bits per heavy atom. The van der Waals surface area contributed by atoms with Gasteiger partial charge in [0.05, 0.1) is 11.6 Å². The minimum absolute atomic E-state index is 0.0530. The smallest absolute Gasteiger partial charge is 0.435 e. The molecule has 1 heterocycles. The molecular weight excluding hydrogens is 285 g/mol. The van der Waals surface area contributed by atoms with Gasteiger partial charge in [0.1, 0.15) is 4.88 Å². The number of hydrogen-bond acceptors (Lipinski definition) is 5. The fourth-order valence-electron chi connectivity index (χ4n) is 1.38. The Kier molecular flexibility index (Phi) is 5.27. The number of halogens is 3. The quantitative estimate of drug-likeness (QED) is 0.829. The Morgan fingerprint density at radius 3 is 2.47 bits per heavy atom. The first kappa shape index (κ1) is 15.9. The van der Waals surface area contributed by atoms with Crippen LogP contribution in [0.2, 0.25) is 0 Å². The zero-order valence-corrected chi connectivity index (χ0v) is 10.9. The fourth-order valence-corrected chi connectivity index (χ4v) is 2.29. The van der Waals surface area contributed by atoms with E-state index in [9.17, 15) is 18.0 Å². The molecule has 1 aromatic heterocycles. The number of carbonyl (C=O) groups is 1. The molecule has 0 atom stereocenters. The lowest BCUT2D eigenvalue weighted by atomic mass is 10.3. The normalized spacial score (nSPS) is 12.1. The first-order chi connectivity index (χ1) is 8.75. The SMILES string of the molecule is CN(CCO)CCc1nc(C(F)(F)F)c(C(=O)O)s1. The van der Waals surface area contributed by atoms with E-state index < -0.39 is 22.7 Å². The van der Waals surface area contributed by atoms with Gasteiger partial charge in [0, 0.05) is 19.5 Å². The number of aromatic nitrogens is 1. The summed E-state index contributed by atoms with van der Waals surface area (Å²) >= 11 is 0.535. The van der Waals surface area contributed by atoms with Gasteiger partial charge in [0.25, 0.3) is 0 Å². The van der Waals surface area contributed by atoms with Gasteiger partial charge in [-0.15, -0.1) is 11.3 Å². The van der Waals surface area contributed by atoms with Gasteiger partial charge in [0.15, 0.2) is 5.69 Å². The third kappa shape index (κ3) is 4.44. The van der Waals surface area contributed by atoms with Crippen molar-refractivity contribution in [1.29, 1.82) is 0 Å². The molecule has 0 bridgehead atoms. The number of thiazole rings is 1. The molecule has 1 aromatic rings. The molecule has 5 nitrogen and oxygen atoms in total. The van der Waals surface area contributed by atoms with Crippen molar-refractivity contribution in [3.8, 4) is 0 Å². The average molecular weight is 298 g/mol. The highest BCUT2D eigenvalue weighted by atomic mass is 32.1. The van der Waals surface area contributed by atoms with Crippen LogP contribution in [0.1, 0.15) is 20.4 Å². The van der Waals surface area contributed by atoms with E-state index in [-0.39, 0.29) is 18.0 Å². The Hall–Kier alpha value is -1.19. The van der Waals surface area contributed by atoms with Crippen molar-refractivity contribution in [2.24, 2.45) is 0 Å². The van der Waals surface area contributed by atoms with Crippen LogP contribution in [0.5, 0.6) is 0 Å². The largest absolute Gasteiger partial charge is 0.477 e. The van der Waals surface area contributed by atoms with Crippen LogP contribution in [-0.4, -0.2) is 52.8 Å². The second kappa shape index (κ2) is 6.31. The molecule has 108 valence electrons. The van der Waals surface area contributed by atoms with Crippen molar-refractivity contribution < 1.29 is 28.2 Å². The molecule has 0 saturated carbocycles. The van der Waals surface area contributed by atoms with Crippen LogP contribution in [0.25, 0.3) is 0 Å². The van der Waals surface area contributed by atoms with Gasteiger partial charge in [-0.2, -0.15) is 13.2 Å². The number of rotatable bonds is 6. The van der Waals surface area contributed by atoms with Crippen molar-refractivity contribution in [3.05, 3.63) is 15.6 Å². The number of alkyl halides is 3. The second-order valence-electron chi connectivity index (χ2n) is 3.87. The summed E-state index contributed by atoms with van der Waals surface area (Å²) in [5, 5.41) is 17.5. The Bertz CT molecular complexity index is 448. The Balaban J connectivity index is 2.84. The highest BCUT2D eigenvalue weighted by Gasteiger charge is 2.39. The molecular formula is C10H13F3N2O3S. The minimum atomic E-state index is -4.76. The Morgan fingerprint density at radius 1 is 1.42 bits per heavy atom. The molecule has 0 aliphatic heterocycles. The van der Waals surface area contributed by atoms with Crippen molar-refractivity contribution in [2.75, 3.05) is 26.7 Å². The van der Waals surface area contributed by atoms with Crippen LogP contribution in [0.3, 0.4) is 0 Å². The number of likely N-dealkylation sites (N-methyl/N-ethyl adjacent to an activating group) is 1. The van der Waals surface area contributed by atoms with Gasteiger partial charge in [-0.1, -0.05) is 0 Å². The van der Waals surface area contributed by atoms with Gasteiger partial charge in [0.2, 0.25) is 0 Å². The fraction of sp³-hybridized carbons (Fsp3) is 0.600. The molecule has 0 aliphatic rings. The zero-order valence-electron chi connectivity index (χ0n) is 10.1. The van der Waals surface area contributed by atoms with E-state index in [1.54, 1.807) is 11.9 Å². The molecule has 0 aromatic carbocycles. The van der Waals surface area contributed by atoms with Gasteiger partial charge in [-0.3, -0.25) is 0 Å². The standard InChI is InChI=1S/C10H13F3N2O3S/c1-15(4-5-16)3-2-6-14-8(10(11,12)13)7(19-6)9(17)18/h16H,2-5H2,1H3,(H,17,18).